The van der Waals surface area contributed by atoms with Gasteiger partial charge in [-0.25, -0.2) is 0 Å². The van der Waals surface area contributed by atoms with Crippen molar-refractivity contribution in [2.75, 3.05) is 0 Å². The largest absolute Gasteiger partial charge is 0.310 e. The fourth-order valence-corrected chi connectivity index (χ4v) is 2.32. The molecule has 0 aliphatic rings. The van der Waals surface area contributed by atoms with Crippen LogP contribution in [0.25, 0.3) is 0 Å². The van der Waals surface area contributed by atoms with Crippen molar-refractivity contribution in [1.82, 2.24) is 15.6 Å². The highest BCUT2D eigenvalue weighted by Gasteiger charge is 2.05. The van der Waals surface area contributed by atoms with Crippen molar-refractivity contribution in [2.24, 2.45) is 0 Å². The Morgan fingerprint density at radius 1 is 0.818 bits per heavy atom. The molecule has 0 saturated heterocycles. The van der Waals surface area contributed by atoms with E-state index in [1.807, 2.05) is 6.07 Å². The van der Waals surface area contributed by atoms with E-state index in [-0.39, 0.29) is 0 Å². The molecule has 0 amide bonds. The van der Waals surface area contributed by atoms with Crippen molar-refractivity contribution in [3.8, 4) is 0 Å². The van der Waals surface area contributed by atoms with Crippen molar-refractivity contribution >= 4 is 0 Å². The van der Waals surface area contributed by atoms with Crippen LogP contribution in [-0.2, 0) is 19.5 Å². The molecule has 2 aromatic rings. The second-order valence-electron chi connectivity index (χ2n) is 6.13. The first-order valence-electron chi connectivity index (χ1n) is 8.09. The van der Waals surface area contributed by atoms with E-state index in [0.29, 0.717) is 12.1 Å². The summed E-state index contributed by atoms with van der Waals surface area (Å²) in [4.78, 5) is 4.74. The standard InChI is InChI=1S/C19H27N3/c1-15(2)20-14-19-11-7-10-18(22-19)12-16(3)21-13-17-8-5-4-6-9-17/h4-11,15-16,20-21H,12-14H2,1-3H3. The second-order valence-corrected chi connectivity index (χ2v) is 6.13. The summed E-state index contributed by atoms with van der Waals surface area (Å²) in [5.74, 6) is 0. The van der Waals surface area contributed by atoms with Gasteiger partial charge < -0.3 is 10.6 Å². The molecule has 2 N–H and O–H groups in total. The number of aromatic nitrogens is 1. The maximum absolute atomic E-state index is 4.74. The van der Waals surface area contributed by atoms with Gasteiger partial charge in [-0.3, -0.25) is 4.98 Å². The minimum atomic E-state index is 0.404. The van der Waals surface area contributed by atoms with E-state index in [2.05, 4.69) is 73.9 Å². The Bertz CT molecular complexity index is 552. The number of rotatable bonds is 8. The molecular formula is C19H27N3. The fraction of sp³-hybridized carbons (Fsp3) is 0.421. The molecule has 0 spiro atoms. The van der Waals surface area contributed by atoms with Crippen molar-refractivity contribution in [1.29, 1.82) is 0 Å². The van der Waals surface area contributed by atoms with Crippen LogP contribution in [-0.4, -0.2) is 17.1 Å². The Morgan fingerprint density at radius 3 is 2.27 bits per heavy atom. The van der Waals surface area contributed by atoms with Gasteiger partial charge >= 0.3 is 0 Å². The van der Waals surface area contributed by atoms with Crippen LogP contribution < -0.4 is 10.6 Å². The summed E-state index contributed by atoms with van der Waals surface area (Å²) in [5, 5.41) is 6.97. The zero-order valence-electron chi connectivity index (χ0n) is 13.8. The molecule has 0 aliphatic heterocycles. The van der Waals surface area contributed by atoms with Crippen LogP contribution in [0, 0.1) is 0 Å². The van der Waals surface area contributed by atoms with Gasteiger partial charge in [0, 0.05) is 37.3 Å². The van der Waals surface area contributed by atoms with Crippen LogP contribution in [0.4, 0.5) is 0 Å². The van der Waals surface area contributed by atoms with Gasteiger partial charge in [0.1, 0.15) is 0 Å². The third-order valence-electron chi connectivity index (χ3n) is 3.57. The van der Waals surface area contributed by atoms with Crippen molar-refractivity contribution in [3.63, 3.8) is 0 Å². The predicted molar refractivity (Wildman–Crippen MR) is 92.7 cm³/mol. The van der Waals surface area contributed by atoms with Crippen LogP contribution in [0.1, 0.15) is 37.7 Å². The Morgan fingerprint density at radius 2 is 1.55 bits per heavy atom. The molecule has 3 heteroatoms. The summed E-state index contributed by atoms with van der Waals surface area (Å²) in [6, 6.07) is 17.7. The predicted octanol–water partition coefficient (Wildman–Crippen LogP) is 3.30. The molecule has 2 rings (SSSR count). The first kappa shape index (κ1) is 16.7. The number of benzene rings is 1. The average molecular weight is 297 g/mol. The highest BCUT2D eigenvalue weighted by molar-refractivity contribution is 5.15. The zero-order valence-corrected chi connectivity index (χ0v) is 13.8. The average Bonchev–Trinajstić information content (AvgIpc) is 2.52. The smallest absolute Gasteiger partial charge is 0.0545 e. The fourth-order valence-electron chi connectivity index (χ4n) is 2.32. The first-order chi connectivity index (χ1) is 10.6. The lowest BCUT2D eigenvalue weighted by molar-refractivity contribution is 0.536. The van der Waals surface area contributed by atoms with Gasteiger partial charge in [-0.2, -0.15) is 0 Å². The monoisotopic (exact) mass is 297 g/mol. The summed E-state index contributed by atoms with van der Waals surface area (Å²) >= 11 is 0. The molecule has 22 heavy (non-hydrogen) atoms. The highest BCUT2D eigenvalue weighted by atomic mass is 14.9. The van der Waals surface area contributed by atoms with Gasteiger partial charge in [0.15, 0.2) is 0 Å². The SMILES string of the molecule is CC(C)NCc1cccc(CC(C)NCc2ccccc2)n1. The lowest BCUT2D eigenvalue weighted by Crippen LogP contribution is -2.28. The van der Waals surface area contributed by atoms with E-state index in [4.69, 9.17) is 4.98 Å². The number of pyridine rings is 1. The molecule has 3 nitrogen and oxygen atoms in total. The third-order valence-corrected chi connectivity index (χ3v) is 3.57. The lowest BCUT2D eigenvalue weighted by atomic mass is 10.1. The van der Waals surface area contributed by atoms with Crippen LogP contribution in [0.2, 0.25) is 0 Å². The van der Waals surface area contributed by atoms with E-state index in [9.17, 15) is 0 Å². The quantitative estimate of drug-likeness (QED) is 0.785. The molecule has 1 heterocycles. The third kappa shape index (κ3) is 5.96. The Balaban J connectivity index is 1.83. The summed E-state index contributed by atoms with van der Waals surface area (Å²) in [6.45, 7) is 8.25. The van der Waals surface area contributed by atoms with Crippen LogP contribution in [0.5, 0.6) is 0 Å². The van der Waals surface area contributed by atoms with Gasteiger partial charge in [0.05, 0.1) is 5.69 Å². The van der Waals surface area contributed by atoms with Crippen LogP contribution in [0.3, 0.4) is 0 Å². The summed E-state index contributed by atoms with van der Waals surface area (Å²) in [7, 11) is 0. The molecule has 1 unspecified atom stereocenters. The van der Waals surface area contributed by atoms with Crippen LogP contribution >= 0.6 is 0 Å². The van der Waals surface area contributed by atoms with Crippen molar-refractivity contribution in [2.45, 2.75) is 52.4 Å². The van der Waals surface area contributed by atoms with Gasteiger partial charge in [-0.15, -0.1) is 0 Å². The molecule has 0 fully saturated rings. The topological polar surface area (TPSA) is 37.0 Å². The second kappa shape index (κ2) is 8.66. The number of nitrogens with one attached hydrogen (secondary N) is 2. The molecule has 1 aromatic carbocycles. The molecule has 1 atom stereocenters. The van der Waals surface area contributed by atoms with Crippen molar-refractivity contribution in [3.05, 3.63) is 65.5 Å². The first-order valence-corrected chi connectivity index (χ1v) is 8.09. The molecule has 0 aliphatic carbocycles. The van der Waals surface area contributed by atoms with E-state index in [1.54, 1.807) is 0 Å². The normalized spacial score (nSPS) is 12.5. The molecule has 0 saturated carbocycles. The maximum Gasteiger partial charge on any atom is 0.0545 e. The van der Waals surface area contributed by atoms with Crippen LogP contribution in [0.15, 0.2) is 48.5 Å². The summed E-state index contributed by atoms with van der Waals surface area (Å²) < 4.78 is 0. The van der Waals surface area contributed by atoms with E-state index in [1.165, 1.54) is 5.56 Å². The minimum Gasteiger partial charge on any atom is -0.310 e. The zero-order chi connectivity index (χ0) is 15.8. The van der Waals surface area contributed by atoms with E-state index < -0.39 is 0 Å². The molecule has 1 aromatic heterocycles. The lowest BCUT2D eigenvalue weighted by Gasteiger charge is -2.14. The molecule has 0 bridgehead atoms. The number of nitrogens with zero attached hydrogens (tertiary/aromatic N) is 1. The van der Waals surface area contributed by atoms with Gasteiger partial charge in [0.25, 0.3) is 0 Å². The van der Waals surface area contributed by atoms with Gasteiger partial charge in [-0.05, 0) is 24.6 Å². The molecular weight excluding hydrogens is 270 g/mol. The molecule has 118 valence electrons. The number of hydrogen-bond donors (Lipinski definition) is 2. The van der Waals surface area contributed by atoms with Gasteiger partial charge in [0.2, 0.25) is 0 Å². The Hall–Kier alpha value is -1.71. The summed E-state index contributed by atoms with van der Waals surface area (Å²) in [5.41, 5.74) is 3.58. The minimum absolute atomic E-state index is 0.404. The maximum atomic E-state index is 4.74. The Kier molecular flexibility index (Phi) is 6.56. The Labute approximate surface area is 134 Å². The van der Waals surface area contributed by atoms with Gasteiger partial charge in [-0.1, -0.05) is 50.2 Å². The van der Waals surface area contributed by atoms with Crippen molar-refractivity contribution < 1.29 is 0 Å². The summed E-state index contributed by atoms with van der Waals surface area (Å²) in [6.07, 6.45) is 0.947. The highest BCUT2D eigenvalue weighted by Crippen LogP contribution is 2.05. The number of hydrogen-bond acceptors (Lipinski definition) is 3. The molecule has 0 radical (unpaired) electrons. The van der Waals surface area contributed by atoms with E-state index in [0.717, 1.165) is 30.9 Å². The van der Waals surface area contributed by atoms with E-state index >= 15 is 0 Å².